The first-order valence-corrected chi connectivity index (χ1v) is 10.4. The second-order valence-electron chi connectivity index (χ2n) is 6.88. The highest BCUT2D eigenvalue weighted by Crippen LogP contribution is 2.37. The van der Waals surface area contributed by atoms with Crippen LogP contribution in [0, 0.1) is 5.82 Å². The molecule has 3 aromatic carbocycles. The maximum atomic E-state index is 13.7. The molecule has 0 atom stereocenters. The summed E-state index contributed by atoms with van der Waals surface area (Å²) in [4.78, 5) is 14.9. The van der Waals surface area contributed by atoms with Gasteiger partial charge in [0.1, 0.15) is 11.6 Å². The molecular weight excluding hydrogens is 436 g/mol. The maximum absolute atomic E-state index is 13.7. The standard InChI is InChI=1S/C25H18Cl2FNO2/c1-2-31-21-10-3-16(4-11-21)13-18-14-24(17-5-7-19(26)8-6-17)29(25(18)30)20-9-12-23(28)22(27)15-20/h3-15H,2H2,1H3/b18-13+. The number of carbonyl (C=O) groups is 1. The van der Waals surface area contributed by atoms with E-state index in [1.54, 1.807) is 24.3 Å². The normalized spacial score (nSPS) is 14.8. The van der Waals surface area contributed by atoms with Crippen LogP contribution >= 0.6 is 23.2 Å². The van der Waals surface area contributed by atoms with Gasteiger partial charge in [0.05, 0.1) is 23.0 Å². The summed E-state index contributed by atoms with van der Waals surface area (Å²) in [6, 6.07) is 18.9. The van der Waals surface area contributed by atoms with Gasteiger partial charge in [0.2, 0.25) is 0 Å². The largest absolute Gasteiger partial charge is 0.494 e. The summed E-state index contributed by atoms with van der Waals surface area (Å²) in [5, 5.41) is 0.542. The molecule has 3 nitrogen and oxygen atoms in total. The minimum absolute atomic E-state index is 0.0512. The van der Waals surface area contributed by atoms with Crippen LogP contribution in [0.2, 0.25) is 10.0 Å². The molecule has 1 amide bonds. The second kappa shape index (κ2) is 8.96. The van der Waals surface area contributed by atoms with E-state index in [4.69, 9.17) is 27.9 Å². The number of amides is 1. The van der Waals surface area contributed by atoms with Crippen LogP contribution in [0.1, 0.15) is 18.1 Å². The Morgan fingerprint density at radius 2 is 1.71 bits per heavy atom. The van der Waals surface area contributed by atoms with Gasteiger partial charge in [0.15, 0.2) is 0 Å². The van der Waals surface area contributed by atoms with Gasteiger partial charge in [-0.15, -0.1) is 0 Å². The molecular formula is C25H18Cl2FNO2. The van der Waals surface area contributed by atoms with E-state index in [-0.39, 0.29) is 10.9 Å². The zero-order valence-electron chi connectivity index (χ0n) is 16.6. The van der Waals surface area contributed by atoms with E-state index >= 15 is 0 Å². The topological polar surface area (TPSA) is 29.5 Å². The predicted octanol–water partition coefficient (Wildman–Crippen LogP) is 7.00. The van der Waals surface area contributed by atoms with Crippen molar-refractivity contribution >= 4 is 46.6 Å². The van der Waals surface area contributed by atoms with Crippen molar-refractivity contribution in [1.29, 1.82) is 0 Å². The lowest BCUT2D eigenvalue weighted by atomic mass is 10.1. The van der Waals surface area contributed by atoms with Crippen LogP contribution in [-0.2, 0) is 4.79 Å². The molecule has 1 aliphatic rings. The van der Waals surface area contributed by atoms with Gasteiger partial charge in [0, 0.05) is 10.6 Å². The molecule has 1 heterocycles. The number of benzene rings is 3. The van der Waals surface area contributed by atoms with Gasteiger partial charge in [-0.2, -0.15) is 0 Å². The van der Waals surface area contributed by atoms with Crippen molar-refractivity contribution in [2.24, 2.45) is 0 Å². The molecule has 0 aromatic heterocycles. The Morgan fingerprint density at radius 3 is 2.35 bits per heavy atom. The predicted molar refractivity (Wildman–Crippen MR) is 124 cm³/mol. The highest BCUT2D eigenvalue weighted by molar-refractivity contribution is 6.32. The van der Waals surface area contributed by atoms with E-state index in [2.05, 4.69) is 0 Å². The van der Waals surface area contributed by atoms with Gasteiger partial charge in [-0.25, -0.2) is 4.39 Å². The van der Waals surface area contributed by atoms with Crippen LogP contribution in [0.3, 0.4) is 0 Å². The minimum atomic E-state index is -0.542. The third-order valence-corrected chi connectivity index (χ3v) is 5.34. The minimum Gasteiger partial charge on any atom is -0.494 e. The van der Waals surface area contributed by atoms with Crippen molar-refractivity contribution in [2.75, 3.05) is 11.5 Å². The van der Waals surface area contributed by atoms with Crippen LogP contribution in [0.15, 0.2) is 78.4 Å². The Bertz CT molecular complexity index is 1190. The number of hydrogen-bond acceptors (Lipinski definition) is 2. The molecule has 0 saturated heterocycles. The van der Waals surface area contributed by atoms with Crippen LogP contribution in [0.4, 0.5) is 10.1 Å². The van der Waals surface area contributed by atoms with Crippen molar-refractivity contribution in [3.63, 3.8) is 0 Å². The average molecular weight is 454 g/mol. The second-order valence-corrected chi connectivity index (χ2v) is 7.72. The Labute approximate surface area is 190 Å². The molecule has 0 aliphatic carbocycles. The van der Waals surface area contributed by atoms with Gasteiger partial charge in [-0.05, 0) is 72.7 Å². The first-order valence-electron chi connectivity index (χ1n) is 9.68. The number of ether oxygens (including phenoxy) is 1. The molecule has 1 aliphatic heterocycles. The lowest BCUT2D eigenvalue weighted by molar-refractivity contribution is -0.113. The zero-order chi connectivity index (χ0) is 22.0. The fourth-order valence-electron chi connectivity index (χ4n) is 3.34. The van der Waals surface area contributed by atoms with Crippen LogP contribution in [-0.4, -0.2) is 12.5 Å². The van der Waals surface area contributed by atoms with E-state index < -0.39 is 5.82 Å². The summed E-state index contributed by atoms with van der Waals surface area (Å²) in [5.41, 5.74) is 3.29. The van der Waals surface area contributed by atoms with E-state index in [0.29, 0.717) is 28.6 Å². The first-order chi connectivity index (χ1) is 15.0. The van der Waals surface area contributed by atoms with E-state index in [0.717, 1.165) is 16.9 Å². The number of anilines is 1. The SMILES string of the molecule is CCOc1ccc(/C=C2\C=C(c3ccc(Cl)cc3)N(c3ccc(F)c(Cl)c3)C2=O)cc1. The summed E-state index contributed by atoms with van der Waals surface area (Å²) in [7, 11) is 0. The molecule has 31 heavy (non-hydrogen) atoms. The average Bonchev–Trinajstić information content (AvgIpc) is 3.08. The third kappa shape index (κ3) is 4.50. The van der Waals surface area contributed by atoms with Crippen molar-refractivity contribution in [1.82, 2.24) is 0 Å². The Kier molecular flexibility index (Phi) is 6.12. The summed E-state index contributed by atoms with van der Waals surface area (Å²) in [6.45, 7) is 2.51. The molecule has 0 fully saturated rings. The van der Waals surface area contributed by atoms with Gasteiger partial charge < -0.3 is 4.74 Å². The monoisotopic (exact) mass is 453 g/mol. The summed E-state index contributed by atoms with van der Waals surface area (Å²) < 4.78 is 19.2. The Balaban J connectivity index is 1.77. The first kappa shape index (κ1) is 21.2. The molecule has 6 heteroatoms. The van der Waals surface area contributed by atoms with E-state index in [9.17, 15) is 9.18 Å². The molecule has 156 valence electrons. The zero-order valence-corrected chi connectivity index (χ0v) is 18.1. The Hall–Kier alpha value is -3.08. The number of carbonyl (C=O) groups excluding carboxylic acids is 1. The maximum Gasteiger partial charge on any atom is 0.262 e. The quantitative estimate of drug-likeness (QED) is 0.389. The van der Waals surface area contributed by atoms with Crippen molar-refractivity contribution in [3.05, 3.63) is 105 Å². The lowest BCUT2D eigenvalue weighted by Gasteiger charge is -2.21. The molecule has 0 radical (unpaired) electrons. The van der Waals surface area contributed by atoms with Crippen LogP contribution in [0.25, 0.3) is 11.8 Å². The smallest absolute Gasteiger partial charge is 0.262 e. The number of nitrogens with zero attached hydrogens (tertiary/aromatic N) is 1. The summed E-state index contributed by atoms with van der Waals surface area (Å²) in [6.07, 6.45) is 3.61. The lowest BCUT2D eigenvalue weighted by Crippen LogP contribution is -2.25. The molecule has 4 rings (SSSR count). The van der Waals surface area contributed by atoms with E-state index in [1.165, 1.54) is 23.1 Å². The highest BCUT2D eigenvalue weighted by atomic mass is 35.5. The van der Waals surface area contributed by atoms with Gasteiger partial charge in [-0.1, -0.05) is 47.5 Å². The van der Waals surface area contributed by atoms with Gasteiger partial charge >= 0.3 is 0 Å². The molecule has 0 bridgehead atoms. The van der Waals surface area contributed by atoms with Gasteiger partial charge in [0.25, 0.3) is 5.91 Å². The van der Waals surface area contributed by atoms with Crippen LogP contribution in [0.5, 0.6) is 5.75 Å². The van der Waals surface area contributed by atoms with Gasteiger partial charge in [-0.3, -0.25) is 9.69 Å². The molecule has 0 unspecified atom stereocenters. The summed E-state index contributed by atoms with van der Waals surface area (Å²) >= 11 is 12.0. The fraction of sp³-hybridized carbons (Fsp3) is 0.0800. The molecule has 3 aromatic rings. The van der Waals surface area contributed by atoms with Crippen molar-refractivity contribution < 1.29 is 13.9 Å². The number of hydrogen-bond donors (Lipinski definition) is 0. The number of rotatable bonds is 5. The van der Waals surface area contributed by atoms with Crippen LogP contribution < -0.4 is 9.64 Å². The highest BCUT2D eigenvalue weighted by Gasteiger charge is 2.30. The Morgan fingerprint density at radius 1 is 1.00 bits per heavy atom. The summed E-state index contributed by atoms with van der Waals surface area (Å²) in [5.74, 6) is -0.0110. The van der Waals surface area contributed by atoms with Crippen molar-refractivity contribution in [3.8, 4) is 5.75 Å². The fourth-order valence-corrected chi connectivity index (χ4v) is 3.64. The molecule has 0 saturated carbocycles. The molecule has 0 spiro atoms. The van der Waals surface area contributed by atoms with Crippen molar-refractivity contribution in [2.45, 2.75) is 6.92 Å². The number of halogens is 3. The third-order valence-electron chi connectivity index (χ3n) is 4.80. The van der Waals surface area contributed by atoms with E-state index in [1.807, 2.05) is 43.3 Å². The molecule has 0 N–H and O–H groups in total.